The van der Waals surface area contributed by atoms with E-state index in [1.165, 1.54) is 38.5 Å². The summed E-state index contributed by atoms with van der Waals surface area (Å²) >= 11 is 3.92. The largest absolute Gasteiger partial charge is 0.378 e. The Bertz CT molecular complexity index is 325. The van der Waals surface area contributed by atoms with Gasteiger partial charge in [-0.1, -0.05) is 51.2 Å². The second-order valence-corrected chi connectivity index (χ2v) is 6.90. The van der Waals surface area contributed by atoms with Gasteiger partial charge in [0.05, 0.1) is 0 Å². The van der Waals surface area contributed by atoms with Crippen LogP contribution in [0.1, 0.15) is 71.1 Å². The van der Waals surface area contributed by atoms with Crippen LogP contribution in [-0.2, 0) is 0 Å². The average molecular weight is 280 g/mol. The summed E-state index contributed by atoms with van der Waals surface area (Å²) in [6.45, 7) is 2.30. The van der Waals surface area contributed by atoms with Gasteiger partial charge in [0.1, 0.15) is 5.60 Å². The summed E-state index contributed by atoms with van der Waals surface area (Å²) in [7, 11) is 0. The molecule has 0 aromatic heterocycles. The molecule has 2 saturated carbocycles. The first-order chi connectivity index (χ1) is 9.17. The minimum atomic E-state index is -0.738. The Hall–Kier alpha value is -0.130. The van der Waals surface area contributed by atoms with Crippen molar-refractivity contribution in [3.8, 4) is 11.2 Å². The lowest BCUT2D eigenvalue weighted by molar-refractivity contribution is 0.0256. The van der Waals surface area contributed by atoms with E-state index in [9.17, 15) is 5.11 Å². The summed E-state index contributed by atoms with van der Waals surface area (Å²) in [4.78, 5) is 0. The van der Waals surface area contributed by atoms with E-state index in [0.29, 0.717) is 0 Å². The van der Waals surface area contributed by atoms with Crippen molar-refractivity contribution in [3.63, 3.8) is 0 Å². The number of aliphatic hydroxyl groups is 1. The quantitative estimate of drug-likeness (QED) is 0.580. The summed E-state index contributed by atoms with van der Waals surface area (Å²) in [5.41, 5.74) is -0.738. The molecule has 19 heavy (non-hydrogen) atoms. The minimum Gasteiger partial charge on any atom is -0.378 e. The van der Waals surface area contributed by atoms with Crippen molar-refractivity contribution in [1.29, 1.82) is 0 Å². The maximum atomic E-state index is 10.3. The van der Waals surface area contributed by atoms with Gasteiger partial charge < -0.3 is 5.11 Å². The summed E-state index contributed by atoms with van der Waals surface area (Å²) in [5.74, 6) is 5.63. The lowest BCUT2D eigenvalue weighted by Gasteiger charge is -2.39. The van der Waals surface area contributed by atoms with Crippen molar-refractivity contribution in [2.24, 2.45) is 17.8 Å². The predicted octanol–water partition coefficient (Wildman–Crippen LogP) is 4.40. The summed E-state index contributed by atoms with van der Waals surface area (Å²) in [6.07, 6.45) is 12.5. The second kappa shape index (κ2) is 7.04. The third kappa shape index (κ3) is 4.17. The molecular weight excluding hydrogens is 252 g/mol. The van der Waals surface area contributed by atoms with Crippen LogP contribution < -0.4 is 0 Å². The first-order valence-electron chi connectivity index (χ1n) is 8.05. The fraction of sp³-hybridized carbons (Fsp3) is 0.882. The molecule has 0 atom stereocenters. The smallest absolute Gasteiger partial charge is 0.126 e. The van der Waals surface area contributed by atoms with Crippen molar-refractivity contribution in [2.45, 2.75) is 76.7 Å². The molecule has 2 rings (SSSR count). The molecule has 0 heterocycles. The second-order valence-electron chi connectivity index (χ2n) is 6.68. The van der Waals surface area contributed by atoms with Gasteiger partial charge in [-0.15, -0.1) is 0 Å². The van der Waals surface area contributed by atoms with E-state index in [1.807, 2.05) is 0 Å². The number of hydrogen-bond acceptors (Lipinski definition) is 2. The Kier molecular flexibility index (Phi) is 5.66. The van der Waals surface area contributed by atoms with Crippen LogP contribution in [0.2, 0.25) is 0 Å². The summed E-state index contributed by atoms with van der Waals surface area (Å²) in [6, 6.07) is 0. The van der Waals surface area contributed by atoms with Crippen molar-refractivity contribution in [3.05, 3.63) is 0 Å². The Balaban J connectivity index is 1.78. The van der Waals surface area contributed by atoms with Crippen LogP contribution >= 0.6 is 12.6 Å². The maximum Gasteiger partial charge on any atom is 0.126 e. The zero-order valence-corrected chi connectivity index (χ0v) is 13.1. The molecule has 0 unspecified atom stereocenters. The van der Waals surface area contributed by atoms with Gasteiger partial charge >= 0.3 is 0 Å². The molecular formula is C17H28OS. The number of rotatable bonds is 3. The van der Waals surface area contributed by atoms with Crippen molar-refractivity contribution < 1.29 is 5.11 Å². The first kappa shape index (κ1) is 15.3. The zero-order valence-electron chi connectivity index (χ0n) is 12.2. The fourth-order valence-electron chi connectivity index (χ4n) is 4.17. The number of hydrogen-bond donors (Lipinski definition) is 2. The zero-order chi connectivity index (χ0) is 13.7. The molecule has 2 heteroatoms. The van der Waals surface area contributed by atoms with E-state index in [-0.39, 0.29) is 0 Å². The topological polar surface area (TPSA) is 20.2 Å². The van der Waals surface area contributed by atoms with Gasteiger partial charge in [0.2, 0.25) is 0 Å². The van der Waals surface area contributed by atoms with Gasteiger partial charge in [0.25, 0.3) is 0 Å². The van der Waals surface area contributed by atoms with Crippen LogP contribution in [0.15, 0.2) is 0 Å². The van der Waals surface area contributed by atoms with Gasteiger partial charge in [-0.25, -0.2) is 0 Å². The van der Waals surface area contributed by atoms with Gasteiger partial charge in [-0.3, -0.25) is 0 Å². The Morgan fingerprint density at radius 3 is 2.16 bits per heavy atom. The molecule has 2 fully saturated rings. The van der Waals surface area contributed by atoms with E-state index < -0.39 is 5.60 Å². The van der Waals surface area contributed by atoms with E-state index in [2.05, 4.69) is 30.7 Å². The Morgan fingerprint density at radius 1 is 1.05 bits per heavy atom. The van der Waals surface area contributed by atoms with E-state index in [0.717, 1.165) is 43.4 Å². The molecule has 108 valence electrons. The fourth-order valence-corrected chi connectivity index (χ4v) is 4.38. The molecule has 0 aliphatic heterocycles. The SMILES string of the molecule is CCCC1CCC(C2CCC(O)(C#CS)CC2)CC1. The van der Waals surface area contributed by atoms with Gasteiger partial charge in [0, 0.05) is 0 Å². The summed E-state index contributed by atoms with van der Waals surface area (Å²) < 4.78 is 0. The first-order valence-corrected chi connectivity index (χ1v) is 8.50. The highest BCUT2D eigenvalue weighted by Crippen LogP contribution is 2.43. The van der Waals surface area contributed by atoms with Gasteiger partial charge in [-0.2, -0.15) is 0 Å². The third-order valence-electron chi connectivity index (χ3n) is 5.40. The average Bonchev–Trinajstić information content (AvgIpc) is 2.41. The monoisotopic (exact) mass is 280 g/mol. The molecule has 0 amide bonds. The molecule has 2 aliphatic rings. The molecule has 2 aliphatic carbocycles. The van der Waals surface area contributed by atoms with Gasteiger partial charge in [0.15, 0.2) is 0 Å². The maximum absolute atomic E-state index is 10.3. The molecule has 0 saturated heterocycles. The molecule has 0 spiro atoms. The standard InChI is InChI=1S/C17H28OS/c1-2-3-14-4-6-15(7-5-14)16-8-10-17(18,11-9-16)12-13-19/h14-16,18-19H,2-11H2,1H3. The van der Waals surface area contributed by atoms with E-state index in [1.54, 1.807) is 0 Å². The van der Waals surface area contributed by atoms with Crippen molar-refractivity contribution in [2.75, 3.05) is 0 Å². The molecule has 0 bridgehead atoms. The highest BCUT2D eigenvalue weighted by atomic mass is 32.1. The molecule has 1 N–H and O–H groups in total. The normalized spacial score (nSPS) is 39.4. The molecule has 0 aromatic carbocycles. The van der Waals surface area contributed by atoms with Crippen LogP contribution in [0.25, 0.3) is 0 Å². The lowest BCUT2D eigenvalue weighted by Crippen LogP contribution is -2.35. The Morgan fingerprint density at radius 2 is 1.63 bits per heavy atom. The van der Waals surface area contributed by atoms with Crippen LogP contribution in [-0.4, -0.2) is 10.7 Å². The van der Waals surface area contributed by atoms with E-state index in [4.69, 9.17) is 0 Å². The van der Waals surface area contributed by atoms with Crippen molar-refractivity contribution >= 4 is 12.6 Å². The molecule has 1 nitrogen and oxygen atoms in total. The van der Waals surface area contributed by atoms with Crippen LogP contribution in [0.4, 0.5) is 0 Å². The van der Waals surface area contributed by atoms with Crippen molar-refractivity contribution in [1.82, 2.24) is 0 Å². The third-order valence-corrected chi connectivity index (χ3v) is 5.51. The van der Waals surface area contributed by atoms with Gasteiger partial charge in [-0.05, 0) is 61.5 Å². The van der Waals surface area contributed by atoms with E-state index >= 15 is 0 Å². The van der Waals surface area contributed by atoms with Crippen LogP contribution in [0.5, 0.6) is 0 Å². The van der Waals surface area contributed by atoms with Crippen LogP contribution in [0, 0.1) is 28.9 Å². The van der Waals surface area contributed by atoms with Crippen LogP contribution in [0.3, 0.4) is 0 Å². The highest BCUT2D eigenvalue weighted by Gasteiger charge is 2.35. The predicted molar refractivity (Wildman–Crippen MR) is 84.0 cm³/mol. The lowest BCUT2D eigenvalue weighted by atomic mass is 9.68. The minimum absolute atomic E-state index is 0.738. The number of thiol groups is 1. The molecule has 0 radical (unpaired) electrons. The summed E-state index contributed by atoms with van der Waals surface area (Å²) in [5, 5.41) is 12.9. The Labute approximate surface area is 124 Å². The highest BCUT2D eigenvalue weighted by molar-refractivity contribution is 7.85. The molecule has 0 aromatic rings.